The SMILES string of the molecule is CCC(C)(C)C1CCc2occ(-c3ccc(F)cc3)c2C1. The Morgan fingerprint density at radius 3 is 2.62 bits per heavy atom. The lowest BCUT2D eigenvalue weighted by molar-refractivity contribution is 0.178. The highest BCUT2D eigenvalue weighted by Gasteiger charge is 2.33. The Morgan fingerprint density at radius 2 is 1.95 bits per heavy atom. The van der Waals surface area contributed by atoms with Crippen molar-refractivity contribution >= 4 is 0 Å². The number of halogens is 1. The molecule has 1 nitrogen and oxygen atoms in total. The summed E-state index contributed by atoms with van der Waals surface area (Å²) in [6.45, 7) is 6.99. The van der Waals surface area contributed by atoms with Gasteiger partial charge in [-0.2, -0.15) is 0 Å². The predicted molar refractivity (Wildman–Crippen MR) is 83.7 cm³/mol. The second-order valence-electron chi connectivity index (χ2n) is 6.84. The van der Waals surface area contributed by atoms with Crippen LogP contribution in [0.4, 0.5) is 4.39 Å². The third kappa shape index (κ3) is 2.64. The zero-order chi connectivity index (χ0) is 15.0. The van der Waals surface area contributed by atoms with E-state index in [-0.39, 0.29) is 5.82 Å². The maximum Gasteiger partial charge on any atom is 0.123 e. The van der Waals surface area contributed by atoms with Gasteiger partial charge in [0.2, 0.25) is 0 Å². The summed E-state index contributed by atoms with van der Waals surface area (Å²) in [6.07, 6.45) is 6.32. The molecule has 2 heteroatoms. The van der Waals surface area contributed by atoms with Crippen molar-refractivity contribution in [2.45, 2.75) is 46.5 Å². The van der Waals surface area contributed by atoms with Crippen LogP contribution in [0.15, 0.2) is 34.9 Å². The van der Waals surface area contributed by atoms with Crippen molar-refractivity contribution in [1.29, 1.82) is 0 Å². The van der Waals surface area contributed by atoms with Gasteiger partial charge in [0, 0.05) is 17.5 Å². The lowest BCUT2D eigenvalue weighted by atomic mass is 9.69. The summed E-state index contributed by atoms with van der Waals surface area (Å²) in [4.78, 5) is 0. The van der Waals surface area contributed by atoms with Crippen LogP contribution in [0.25, 0.3) is 11.1 Å². The van der Waals surface area contributed by atoms with E-state index < -0.39 is 0 Å². The minimum absolute atomic E-state index is 0.193. The van der Waals surface area contributed by atoms with Crippen molar-refractivity contribution < 1.29 is 8.81 Å². The second-order valence-corrected chi connectivity index (χ2v) is 6.84. The topological polar surface area (TPSA) is 13.1 Å². The van der Waals surface area contributed by atoms with Crippen LogP contribution in [0.3, 0.4) is 0 Å². The average molecular weight is 286 g/mol. The van der Waals surface area contributed by atoms with Crippen molar-refractivity contribution in [2.24, 2.45) is 11.3 Å². The van der Waals surface area contributed by atoms with Crippen molar-refractivity contribution in [2.75, 3.05) is 0 Å². The smallest absolute Gasteiger partial charge is 0.123 e. The maximum absolute atomic E-state index is 13.1. The third-order valence-corrected chi connectivity index (χ3v) is 5.32. The van der Waals surface area contributed by atoms with Gasteiger partial charge in [0.1, 0.15) is 11.6 Å². The van der Waals surface area contributed by atoms with E-state index in [1.165, 1.54) is 30.5 Å². The first-order chi connectivity index (χ1) is 10.0. The Bertz CT molecular complexity index is 622. The molecule has 0 aliphatic heterocycles. The van der Waals surface area contributed by atoms with Crippen LogP contribution >= 0.6 is 0 Å². The molecule has 1 atom stereocenters. The van der Waals surface area contributed by atoms with Crippen molar-refractivity contribution in [3.8, 4) is 11.1 Å². The van der Waals surface area contributed by atoms with Gasteiger partial charge in [0.15, 0.2) is 0 Å². The number of rotatable bonds is 3. The second kappa shape index (κ2) is 5.32. The first-order valence-corrected chi connectivity index (χ1v) is 7.86. The molecule has 1 aliphatic rings. The number of fused-ring (bicyclic) bond motifs is 1. The van der Waals surface area contributed by atoms with Gasteiger partial charge in [-0.05, 0) is 41.9 Å². The van der Waals surface area contributed by atoms with E-state index in [0.29, 0.717) is 11.3 Å². The van der Waals surface area contributed by atoms with Gasteiger partial charge < -0.3 is 4.42 Å². The van der Waals surface area contributed by atoms with Crippen molar-refractivity contribution in [1.82, 2.24) is 0 Å². The number of hydrogen-bond acceptors (Lipinski definition) is 1. The first-order valence-electron chi connectivity index (χ1n) is 7.86. The zero-order valence-electron chi connectivity index (χ0n) is 13.1. The fraction of sp³-hybridized carbons (Fsp3) is 0.474. The third-order valence-electron chi connectivity index (χ3n) is 5.32. The summed E-state index contributed by atoms with van der Waals surface area (Å²) in [6, 6.07) is 6.72. The number of benzene rings is 1. The Balaban J connectivity index is 1.94. The quantitative estimate of drug-likeness (QED) is 0.713. The molecule has 0 fully saturated rings. The number of aryl methyl sites for hydroxylation is 1. The highest BCUT2D eigenvalue weighted by Crippen LogP contribution is 2.43. The highest BCUT2D eigenvalue weighted by atomic mass is 19.1. The normalized spacial score (nSPS) is 18.6. The van der Waals surface area contributed by atoms with E-state index >= 15 is 0 Å². The Morgan fingerprint density at radius 1 is 1.24 bits per heavy atom. The van der Waals surface area contributed by atoms with E-state index in [9.17, 15) is 4.39 Å². The molecule has 3 rings (SSSR count). The molecule has 1 aliphatic carbocycles. The van der Waals surface area contributed by atoms with E-state index in [4.69, 9.17) is 4.42 Å². The predicted octanol–water partition coefficient (Wildman–Crippen LogP) is 5.63. The van der Waals surface area contributed by atoms with E-state index in [1.54, 1.807) is 0 Å². The Labute approximate surface area is 126 Å². The number of hydrogen-bond donors (Lipinski definition) is 0. The van der Waals surface area contributed by atoms with Gasteiger partial charge in [0.05, 0.1) is 6.26 Å². The van der Waals surface area contributed by atoms with Gasteiger partial charge in [-0.15, -0.1) is 0 Å². The van der Waals surface area contributed by atoms with Crippen molar-refractivity contribution in [3.63, 3.8) is 0 Å². The van der Waals surface area contributed by atoms with Gasteiger partial charge in [-0.3, -0.25) is 0 Å². The molecule has 21 heavy (non-hydrogen) atoms. The van der Waals surface area contributed by atoms with E-state index in [2.05, 4.69) is 20.8 Å². The molecular weight excluding hydrogens is 263 g/mol. The summed E-state index contributed by atoms with van der Waals surface area (Å²) < 4.78 is 18.9. The van der Waals surface area contributed by atoms with Crippen LogP contribution < -0.4 is 0 Å². The first kappa shape index (κ1) is 14.4. The molecule has 1 aromatic carbocycles. The highest BCUT2D eigenvalue weighted by molar-refractivity contribution is 5.67. The molecule has 0 spiro atoms. The molecule has 0 saturated heterocycles. The molecule has 0 bridgehead atoms. The van der Waals surface area contributed by atoms with Crippen LogP contribution in [-0.4, -0.2) is 0 Å². The minimum atomic E-state index is -0.193. The standard InChI is InChI=1S/C19H23FO/c1-4-19(2,3)14-7-10-18-16(11-14)17(12-21-18)13-5-8-15(20)9-6-13/h5-6,8-9,12,14H,4,7,10-11H2,1-3H3. The summed E-state index contributed by atoms with van der Waals surface area (Å²) >= 11 is 0. The molecule has 0 N–H and O–H groups in total. The Kier molecular flexibility index (Phi) is 3.64. The van der Waals surface area contributed by atoms with Gasteiger partial charge >= 0.3 is 0 Å². The largest absolute Gasteiger partial charge is 0.468 e. The molecule has 2 aromatic rings. The molecule has 0 saturated carbocycles. The van der Waals surface area contributed by atoms with Gasteiger partial charge in [-0.25, -0.2) is 4.39 Å². The fourth-order valence-corrected chi connectivity index (χ4v) is 3.34. The Hall–Kier alpha value is -1.57. The van der Waals surface area contributed by atoms with Crippen molar-refractivity contribution in [3.05, 3.63) is 47.7 Å². The molecule has 0 radical (unpaired) electrons. The monoisotopic (exact) mass is 286 g/mol. The summed E-state index contributed by atoms with van der Waals surface area (Å²) in [5.74, 6) is 1.62. The van der Waals surface area contributed by atoms with Crippen LogP contribution in [-0.2, 0) is 12.8 Å². The minimum Gasteiger partial charge on any atom is -0.468 e. The van der Waals surface area contributed by atoms with E-state index in [0.717, 1.165) is 29.7 Å². The van der Waals surface area contributed by atoms with Gasteiger partial charge in [0.25, 0.3) is 0 Å². The van der Waals surface area contributed by atoms with Crippen LogP contribution in [0.1, 0.15) is 44.9 Å². The molecule has 1 heterocycles. The van der Waals surface area contributed by atoms with E-state index in [1.807, 2.05) is 18.4 Å². The summed E-state index contributed by atoms with van der Waals surface area (Å²) in [7, 11) is 0. The molecular formula is C19H23FO. The molecule has 0 amide bonds. The zero-order valence-corrected chi connectivity index (χ0v) is 13.1. The average Bonchev–Trinajstić information content (AvgIpc) is 2.91. The fourth-order valence-electron chi connectivity index (χ4n) is 3.34. The van der Waals surface area contributed by atoms with Crippen LogP contribution in [0, 0.1) is 17.2 Å². The molecule has 1 unspecified atom stereocenters. The molecule has 1 aromatic heterocycles. The summed E-state index contributed by atoms with van der Waals surface area (Å²) in [5, 5.41) is 0. The van der Waals surface area contributed by atoms with Crippen LogP contribution in [0.2, 0.25) is 0 Å². The number of furan rings is 1. The lowest BCUT2D eigenvalue weighted by Gasteiger charge is -2.36. The maximum atomic E-state index is 13.1. The molecule has 112 valence electrons. The van der Waals surface area contributed by atoms with Crippen LogP contribution in [0.5, 0.6) is 0 Å². The van der Waals surface area contributed by atoms with Gasteiger partial charge in [-0.1, -0.05) is 39.3 Å². The summed E-state index contributed by atoms with van der Waals surface area (Å²) in [5.41, 5.74) is 3.88. The lowest BCUT2D eigenvalue weighted by Crippen LogP contribution is -2.28.